The fourth-order valence-corrected chi connectivity index (χ4v) is 5.20. The van der Waals surface area contributed by atoms with Gasteiger partial charge in [-0.25, -0.2) is 18.4 Å². The molecule has 0 saturated carbocycles. The van der Waals surface area contributed by atoms with Gasteiger partial charge in [-0.1, -0.05) is 0 Å². The minimum Gasteiger partial charge on any atom is -0.379 e. The molecule has 1 atom stereocenters. The number of nitrogens with one attached hydrogen (secondary N) is 1. The first kappa shape index (κ1) is 20.0. The molecule has 1 unspecified atom stereocenters. The lowest BCUT2D eigenvalue weighted by molar-refractivity contribution is 0.0398. The van der Waals surface area contributed by atoms with Gasteiger partial charge in [0.25, 0.3) is 5.91 Å². The van der Waals surface area contributed by atoms with E-state index in [9.17, 15) is 13.2 Å². The predicted octanol–water partition coefficient (Wildman–Crippen LogP) is -0.130. The molecule has 1 amide bonds. The maximum Gasteiger partial charge on any atom is 0.272 e. The number of anilines is 1. The summed E-state index contributed by atoms with van der Waals surface area (Å²) in [5.74, 6) is 0.511. The molecule has 9 nitrogen and oxygen atoms in total. The Hall–Kier alpha value is -1.78. The number of carbonyl (C=O) groups is 1. The highest BCUT2D eigenvalue weighted by molar-refractivity contribution is 7.91. The molecule has 3 rings (SSSR count). The van der Waals surface area contributed by atoms with Crippen molar-refractivity contribution in [2.24, 2.45) is 0 Å². The summed E-state index contributed by atoms with van der Waals surface area (Å²) in [4.78, 5) is 25.0. The Morgan fingerprint density at radius 2 is 2.15 bits per heavy atom. The van der Waals surface area contributed by atoms with Crippen LogP contribution in [0.4, 0.5) is 5.82 Å². The molecule has 0 radical (unpaired) electrons. The molecular formula is C17H27N5O4S. The van der Waals surface area contributed by atoms with Crippen LogP contribution >= 0.6 is 0 Å². The average Bonchev–Trinajstić information content (AvgIpc) is 3.03. The van der Waals surface area contributed by atoms with Crippen LogP contribution in [-0.2, 0) is 14.6 Å². The van der Waals surface area contributed by atoms with Crippen LogP contribution in [0.3, 0.4) is 0 Å². The molecule has 150 valence electrons. The van der Waals surface area contributed by atoms with Crippen molar-refractivity contribution < 1.29 is 17.9 Å². The second kappa shape index (κ2) is 8.94. The average molecular weight is 398 g/mol. The molecule has 0 aliphatic carbocycles. The van der Waals surface area contributed by atoms with Crippen molar-refractivity contribution in [3.63, 3.8) is 0 Å². The topological polar surface area (TPSA) is 105 Å². The molecule has 2 fully saturated rings. The van der Waals surface area contributed by atoms with Crippen LogP contribution in [0.2, 0.25) is 0 Å². The van der Waals surface area contributed by atoms with Crippen LogP contribution < -0.4 is 5.32 Å². The number of ether oxygens (including phenoxy) is 1. The molecule has 27 heavy (non-hydrogen) atoms. The Morgan fingerprint density at radius 3 is 2.81 bits per heavy atom. The van der Waals surface area contributed by atoms with Gasteiger partial charge in [0.15, 0.2) is 9.84 Å². The zero-order chi connectivity index (χ0) is 19.3. The maximum absolute atomic E-state index is 12.8. The second-order valence-electron chi connectivity index (χ2n) is 6.82. The van der Waals surface area contributed by atoms with Gasteiger partial charge in [0.2, 0.25) is 0 Å². The van der Waals surface area contributed by atoms with E-state index in [1.54, 1.807) is 11.0 Å². The van der Waals surface area contributed by atoms with E-state index in [4.69, 9.17) is 4.74 Å². The molecule has 1 aromatic heterocycles. The van der Waals surface area contributed by atoms with Gasteiger partial charge in [0, 0.05) is 44.8 Å². The van der Waals surface area contributed by atoms with Gasteiger partial charge in [0.1, 0.15) is 17.8 Å². The maximum atomic E-state index is 12.8. The normalized spacial score (nSPS) is 22.5. The van der Waals surface area contributed by atoms with Gasteiger partial charge in [-0.3, -0.25) is 9.69 Å². The lowest BCUT2D eigenvalue weighted by Gasteiger charge is -2.27. The molecule has 2 aliphatic heterocycles. The first-order valence-corrected chi connectivity index (χ1v) is 11.2. The zero-order valence-electron chi connectivity index (χ0n) is 15.6. The van der Waals surface area contributed by atoms with Crippen molar-refractivity contribution in [3.05, 3.63) is 18.1 Å². The Balaban J connectivity index is 1.59. The van der Waals surface area contributed by atoms with E-state index in [1.165, 1.54) is 6.33 Å². The Bertz CT molecular complexity index is 751. The summed E-state index contributed by atoms with van der Waals surface area (Å²) in [6.07, 6.45) is 1.85. The number of amides is 1. The summed E-state index contributed by atoms with van der Waals surface area (Å²) in [7, 11) is -3.05. The van der Waals surface area contributed by atoms with Gasteiger partial charge in [-0.05, 0) is 13.3 Å². The molecule has 1 aromatic rings. The number of aromatic nitrogens is 2. The van der Waals surface area contributed by atoms with E-state index in [-0.39, 0.29) is 29.1 Å². The third-order valence-corrected chi connectivity index (χ3v) is 6.73. The molecule has 0 bridgehead atoms. The fourth-order valence-electron chi connectivity index (χ4n) is 3.47. The van der Waals surface area contributed by atoms with Gasteiger partial charge < -0.3 is 15.0 Å². The number of morpholine rings is 1. The molecule has 0 spiro atoms. The Morgan fingerprint density at radius 1 is 1.37 bits per heavy atom. The van der Waals surface area contributed by atoms with Crippen LogP contribution in [0, 0.1) is 0 Å². The SMILES string of the molecule is CCN(C(=O)c1cc(NCCN2CCOCC2)ncn1)C1CCS(=O)(=O)C1. The Labute approximate surface area is 160 Å². The number of rotatable bonds is 7. The van der Waals surface area contributed by atoms with Crippen LogP contribution in [0.5, 0.6) is 0 Å². The highest BCUT2D eigenvalue weighted by Crippen LogP contribution is 2.19. The zero-order valence-corrected chi connectivity index (χ0v) is 16.4. The minimum atomic E-state index is -3.05. The van der Waals surface area contributed by atoms with E-state index in [0.29, 0.717) is 25.3 Å². The summed E-state index contributed by atoms with van der Waals surface area (Å²) in [6, 6.07) is 1.36. The number of nitrogens with zero attached hydrogens (tertiary/aromatic N) is 4. The van der Waals surface area contributed by atoms with Crippen molar-refractivity contribution in [2.45, 2.75) is 19.4 Å². The van der Waals surface area contributed by atoms with Crippen LogP contribution in [0.1, 0.15) is 23.8 Å². The lowest BCUT2D eigenvalue weighted by atomic mass is 10.2. The predicted molar refractivity (Wildman–Crippen MR) is 102 cm³/mol. The number of hydrogen-bond acceptors (Lipinski definition) is 8. The van der Waals surface area contributed by atoms with E-state index < -0.39 is 9.84 Å². The van der Waals surface area contributed by atoms with Crippen LogP contribution in [0.25, 0.3) is 0 Å². The summed E-state index contributed by atoms with van der Waals surface area (Å²) < 4.78 is 28.8. The van der Waals surface area contributed by atoms with Crippen LogP contribution in [0.15, 0.2) is 12.4 Å². The molecular weight excluding hydrogens is 370 g/mol. The van der Waals surface area contributed by atoms with E-state index in [1.807, 2.05) is 6.92 Å². The van der Waals surface area contributed by atoms with Gasteiger partial charge in [-0.2, -0.15) is 0 Å². The largest absolute Gasteiger partial charge is 0.379 e. The monoisotopic (exact) mass is 397 g/mol. The van der Waals surface area contributed by atoms with Crippen molar-refractivity contribution in [2.75, 3.05) is 62.8 Å². The van der Waals surface area contributed by atoms with E-state index in [0.717, 1.165) is 32.8 Å². The summed E-state index contributed by atoms with van der Waals surface area (Å²) in [5, 5.41) is 3.23. The van der Waals surface area contributed by atoms with Crippen LogP contribution in [-0.4, -0.2) is 97.6 Å². The highest BCUT2D eigenvalue weighted by Gasteiger charge is 2.34. The standard InChI is InChI=1S/C17H27N5O4S/c1-2-22(14-3-10-27(24,25)12-14)17(23)15-11-16(20-13-19-15)18-4-5-21-6-8-26-9-7-21/h11,13-14H,2-10,12H2,1H3,(H,18,19,20). The summed E-state index contributed by atoms with van der Waals surface area (Å²) in [5.41, 5.74) is 0.282. The number of hydrogen-bond donors (Lipinski definition) is 1. The van der Waals surface area contributed by atoms with E-state index >= 15 is 0 Å². The van der Waals surface area contributed by atoms with Gasteiger partial charge in [0.05, 0.1) is 24.7 Å². The van der Waals surface area contributed by atoms with Crippen molar-refractivity contribution >= 4 is 21.6 Å². The van der Waals surface area contributed by atoms with Crippen molar-refractivity contribution in [1.82, 2.24) is 19.8 Å². The first-order valence-electron chi connectivity index (χ1n) is 9.36. The van der Waals surface area contributed by atoms with Crippen molar-refractivity contribution in [3.8, 4) is 0 Å². The third-order valence-electron chi connectivity index (χ3n) is 4.97. The molecule has 10 heteroatoms. The fraction of sp³-hybridized carbons (Fsp3) is 0.706. The molecule has 0 aromatic carbocycles. The Kier molecular flexibility index (Phi) is 6.61. The number of carbonyl (C=O) groups excluding carboxylic acids is 1. The minimum absolute atomic E-state index is 0.0301. The molecule has 2 saturated heterocycles. The molecule has 1 N–H and O–H groups in total. The van der Waals surface area contributed by atoms with Gasteiger partial charge >= 0.3 is 0 Å². The molecule has 2 aliphatic rings. The lowest BCUT2D eigenvalue weighted by Crippen LogP contribution is -2.41. The quantitative estimate of drug-likeness (QED) is 0.678. The third kappa shape index (κ3) is 5.36. The van der Waals surface area contributed by atoms with E-state index in [2.05, 4.69) is 20.2 Å². The molecule has 3 heterocycles. The van der Waals surface area contributed by atoms with Gasteiger partial charge in [-0.15, -0.1) is 0 Å². The van der Waals surface area contributed by atoms with Crippen molar-refractivity contribution in [1.29, 1.82) is 0 Å². The second-order valence-corrected chi connectivity index (χ2v) is 9.05. The highest BCUT2D eigenvalue weighted by atomic mass is 32.2. The summed E-state index contributed by atoms with van der Waals surface area (Å²) in [6.45, 7) is 7.25. The smallest absolute Gasteiger partial charge is 0.272 e. The summed E-state index contributed by atoms with van der Waals surface area (Å²) >= 11 is 0. The first-order chi connectivity index (χ1) is 13.0. The number of sulfone groups is 1.